The van der Waals surface area contributed by atoms with Crippen LogP contribution in [-0.2, 0) is 22.4 Å². The summed E-state index contributed by atoms with van der Waals surface area (Å²) in [4.78, 5) is 20.1. The monoisotopic (exact) mass is 416 g/mol. The summed E-state index contributed by atoms with van der Waals surface area (Å²) in [6.07, 6.45) is -2.33. The highest BCUT2D eigenvalue weighted by Gasteiger charge is 2.36. The van der Waals surface area contributed by atoms with E-state index in [0.29, 0.717) is 18.5 Å². The molecule has 2 aliphatic rings. The zero-order valence-corrected chi connectivity index (χ0v) is 16.7. The highest BCUT2D eigenvalue weighted by molar-refractivity contribution is 6.02. The van der Waals surface area contributed by atoms with E-state index in [1.807, 2.05) is 31.2 Å². The molecule has 0 saturated heterocycles. The minimum atomic E-state index is -4.37. The molecule has 7 heteroatoms. The Morgan fingerprint density at radius 1 is 1.13 bits per heavy atom. The largest absolute Gasteiger partial charge is 0.416 e. The summed E-state index contributed by atoms with van der Waals surface area (Å²) in [6.45, 7) is 2.63. The molecule has 0 N–H and O–H groups in total. The number of halogens is 3. The first-order valence-electron chi connectivity index (χ1n) is 10.0. The first-order chi connectivity index (χ1) is 14.3. The van der Waals surface area contributed by atoms with Crippen molar-refractivity contribution in [1.29, 1.82) is 0 Å². The van der Waals surface area contributed by atoms with E-state index < -0.39 is 11.7 Å². The smallest absolute Gasteiger partial charge is 0.390 e. The Hall–Kier alpha value is -2.83. The van der Waals surface area contributed by atoms with Gasteiger partial charge in [0.05, 0.1) is 17.8 Å². The first kappa shape index (κ1) is 20.4. The van der Waals surface area contributed by atoms with Crippen molar-refractivity contribution in [2.45, 2.75) is 45.0 Å². The summed E-state index contributed by atoms with van der Waals surface area (Å²) in [5.41, 5.74) is 2.96. The van der Waals surface area contributed by atoms with Crippen LogP contribution in [0, 0.1) is 12.8 Å². The molecule has 0 bridgehead atoms. The van der Waals surface area contributed by atoms with E-state index in [0.717, 1.165) is 41.8 Å². The second-order valence-corrected chi connectivity index (χ2v) is 7.97. The Labute approximate surface area is 173 Å². The average molecular weight is 416 g/mol. The van der Waals surface area contributed by atoms with Gasteiger partial charge in [0, 0.05) is 24.4 Å². The quantitative estimate of drug-likeness (QED) is 0.669. The van der Waals surface area contributed by atoms with Gasteiger partial charge in [-0.2, -0.15) is 13.2 Å². The molecule has 2 aromatic rings. The van der Waals surface area contributed by atoms with Gasteiger partial charge in [0.2, 0.25) is 5.91 Å². The van der Waals surface area contributed by atoms with Gasteiger partial charge in [-0.3, -0.25) is 4.79 Å². The Morgan fingerprint density at radius 2 is 1.83 bits per heavy atom. The molecule has 4 nitrogen and oxygen atoms in total. The predicted octanol–water partition coefficient (Wildman–Crippen LogP) is 4.95. The van der Waals surface area contributed by atoms with Crippen molar-refractivity contribution in [3.63, 3.8) is 0 Å². The van der Waals surface area contributed by atoms with E-state index >= 15 is 0 Å². The Morgan fingerprint density at radius 3 is 2.47 bits per heavy atom. The van der Waals surface area contributed by atoms with Gasteiger partial charge in [-0.1, -0.05) is 41.6 Å². The minimum absolute atomic E-state index is 0.0117. The van der Waals surface area contributed by atoms with Crippen molar-refractivity contribution >= 4 is 11.6 Å². The van der Waals surface area contributed by atoms with Crippen LogP contribution in [0.1, 0.15) is 41.5 Å². The molecule has 158 valence electrons. The zero-order valence-electron chi connectivity index (χ0n) is 16.7. The van der Waals surface area contributed by atoms with Crippen LogP contribution in [0.5, 0.6) is 0 Å². The molecule has 1 heterocycles. The van der Waals surface area contributed by atoms with Crippen molar-refractivity contribution < 1.29 is 22.8 Å². The maximum Gasteiger partial charge on any atom is 0.416 e. The van der Waals surface area contributed by atoms with Crippen LogP contribution in [0.2, 0.25) is 0 Å². The van der Waals surface area contributed by atoms with Crippen molar-refractivity contribution in [2.24, 2.45) is 11.1 Å². The van der Waals surface area contributed by atoms with Crippen LogP contribution in [-0.4, -0.2) is 29.2 Å². The summed E-state index contributed by atoms with van der Waals surface area (Å²) in [7, 11) is 0. The lowest BCUT2D eigenvalue weighted by molar-refractivity contribution is -0.138. The SMILES string of the molecule is Cc1ccccc1C1=NO[C@H](CN(Cc2ccc(C(F)(F)F)cc2)C(=O)C2CC2)C1. The molecule has 1 atom stereocenters. The van der Waals surface area contributed by atoms with Gasteiger partial charge in [-0.05, 0) is 43.0 Å². The van der Waals surface area contributed by atoms with Gasteiger partial charge in [0.1, 0.15) is 0 Å². The summed E-state index contributed by atoms with van der Waals surface area (Å²) in [6, 6.07) is 12.9. The molecule has 0 aromatic heterocycles. The third-order valence-electron chi connectivity index (χ3n) is 5.51. The van der Waals surface area contributed by atoms with Crippen LogP contribution < -0.4 is 0 Å². The summed E-state index contributed by atoms with van der Waals surface area (Å²) in [5, 5.41) is 4.22. The number of benzene rings is 2. The normalized spacial score (nSPS) is 18.7. The maximum atomic E-state index is 12.8. The molecular weight excluding hydrogens is 393 g/mol. The molecule has 1 aliphatic carbocycles. The molecular formula is C23H23F3N2O2. The highest BCUT2D eigenvalue weighted by Crippen LogP contribution is 2.33. The zero-order chi connectivity index (χ0) is 21.3. The van der Waals surface area contributed by atoms with E-state index in [9.17, 15) is 18.0 Å². The second kappa shape index (κ2) is 8.13. The molecule has 30 heavy (non-hydrogen) atoms. The fourth-order valence-corrected chi connectivity index (χ4v) is 3.67. The fraction of sp³-hybridized carbons (Fsp3) is 0.391. The molecule has 2 aromatic carbocycles. The number of oxime groups is 1. The lowest BCUT2D eigenvalue weighted by atomic mass is 10.00. The first-order valence-corrected chi connectivity index (χ1v) is 10.0. The molecule has 4 rings (SSSR count). The van der Waals surface area contributed by atoms with Gasteiger partial charge < -0.3 is 9.74 Å². The van der Waals surface area contributed by atoms with E-state index in [4.69, 9.17) is 4.84 Å². The van der Waals surface area contributed by atoms with E-state index in [1.165, 1.54) is 12.1 Å². The Kier molecular flexibility index (Phi) is 5.54. The van der Waals surface area contributed by atoms with Gasteiger partial charge in [0.15, 0.2) is 6.10 Å². The number of hydrogen-bond acceptors (Lipinski definition) is 3. The van der Waals surface area contributed by atoms with Gasteiger partial charge in [-0.25, -0.2) is 0 Å². The number of amides is 1. The van der Waals surface area contributed by atoms with Crippen LogP contribution in [0.15, 0.2) is 53.7 Å². The lowest BCUT2D eigenvalue weighted by Gasteiger charge is -2.25. The number of aryl methyl sites for hydroxylation is 1. The minimum Gasteiger partial charge on any atom is -0.390 e. The van der Waals surface area contributed by atoms with Gasteiger partial charge >= 0.3 is 6.18 Å². The average Bonchev–Trinajstić information content (AvgIpc) is 3.46. The molecule has 1 aliphatic heterocycles. The van der Waals surface area contributed by atoms with Crippen molar-refractivity contribution in [3.8, 4) is 0 Å². The fourth-order valence-electron chi connectivity index (χ4n) is 3.67. The number of nitrogens with zero attached hydrogens (tertiary/aromatic N) is 2. The topological polar surface area (TPSA) is 41.9 Å². The number of hydrogen-bond donors (Lipinski definition) is 0. The second-order valence-electron chi connectivity index (χ2n) is 7.97. The maximum absolute atomic E-state index is 12.8. The number of carbonyl (C=O) groups is 1. The Bertz CT molecular complexity index is 950. The predicted molar refractivity (Wildman–Crippen MR) is 107 cm³/mol. The summed E-state index contributed by atoms with van der Waals surface area (Å²) in [5.74, 6) is 0.0421. The van der Waals surface area contributed by atoms with Crippen LogP contribution in [0.3, 0.4) is 0 Å². The van der Waals surface area contributed by atoms with E-state index in [2.05, 4.69) is 5.16 Å². The number of rotatable bonds is 6. The molecule has 0 spiro atoms. The van der Waals surface area contributed by atoms with Crippen LogP contribution in [0.25, 0.3) is 0 Å². The third kappa shape index (κ3) is 4.66. The highest BCUT2D eigenvalue weighted by atomic mass is 19.4. The van der Waals surface area contributed by atoms with Gasteiger partial charge in [0.25, 0.3) is 0 Å². The van der Waals surface area contributed by atoms with Crippen molar-refractivity contribution in [2.75, 3.05) is 6.54 Å². The van der Waals surface area contributed by atoms with Crippen molar-refractivity contribution in [3.05, 3.63) is 70.8 Å². The third-order valence-corrected chi connectivity index (χ3v) is 5.51. The molecule has 1 amide bonds. The van der Waals surface area contributed by atoms with Crippen molar-refractivity contribution in [1.82, 2.24) is 4.90 Å². The summed E-state index contributed by atoms with van der Waals surface area (Å²) >= 11 is 0. The van der Waals surface area contributed by atoms with Crippen LogP contribution >= 0.6 is 0 Å². The lowest BCUT2D eigenvalue weighted by Crippen LogP contribution is -2.38. The number of carbonyl (C=O) groups excluding carboxylic acids is 1. The standard InChI is InChI=1S/C23H23F3N2O2/c1-15-4-2-3-5-20(15)21-12-19(30-27-21)14-28(22(29)17-8-9-17)13-16-6-10-18(11-7-16)23(24,25)26/h2-7,10-11,17,19H,8-9,12-14H2,1H3/t19-/m0/s1. The summed E-state index contributed by atoms with van der Waals surface area (Å²) < 4.78 is 38.4. The van der Waals surface area contributed by atoms with E-state index in [1.54, 1.807) is 4.90 Å². The van der Waals surface area contributed by atoms with Gasteiger partial charge in [-0.15, -0.1) is 0 Å². The van der Waals surface area contributed by atoms with Crippen LogP contribution in [0.4, 0.5) is 13.2 Å². The molecule has 1 fully saturated rings. The molecule has 1 saturated carbocycles. The van der Waals surface area contributed by atoms with E-state index in [-0.39, 0.29) is 24.5 Å². The molecule has 0 unspecified atom stereocenters. The number of alkyl halides is 3. The molecule has 0 radical (unpaired) electrons. The Balaban J connectivity index is 1.44.